The standard InChI is InChI=1S/C16H31NO11S2/c1-11(2)14(19)27-12(3)28-15(20)17-9-13(18)16(4,5)10-26-30(24,25)8-6-7-29(21,22)23/h11-13,18H,6-10H2,1-5H3,(H,17,20)(H,21,22,23)/t12?,13-/m0/s1. The number of esters is 1. The summed E-state index contributed by atoms with van der Waals surface area (Å²) in [7, 11) is -8.36. The van der Waals surface area contributed by atoms with Crippen molar-refractivity contribution in [2.24, 2.45) is 11.3 Å². The fourth-order valence-corrected chi connectivity index (χ4v) is 3.58. The molecule has 0 aromatic heterocycles. The van der Waals surface area contributed by atoms with Crippen LogP contribution in [-0.4, -0.2) is 75.6 Å². The first-order valence-electron chi connectivity index (χ1n) is 9.10. The molecule has 0 fully saturated rings. The molecule has 30 heavy (non-hydrogen) atoms. The number of aliphatic hydroxyl groups is 1. The number of aliphatic hydroxyl groups excluding tert-OH is 1. The summed E-state index contributed by atoms with van der Waals surface area (Å²) in [6.45, 7) is 6.82. The zero-order chi connectivity index (χ0) is 23.8. The molecule has 0 bridgehead atoms. The molecule has 0 saturated carbocycles. The van der Waals surface area contributed by atoms with Crippen LogP contribution in [0.4, 0.5) is 4.79 Å². The molecular weight excluding hydrogens is 446 g/mol. The maximum atomic E-state index is 11.8. The van der Waals surface area contributed by atoms with Crippen molar-refractivity contribution in [3.8, 4) is 0 Å². The van der Waals surface area contributed by atoms with Gasteiger partial charge in [-0.3, -0.25) is 13.5 Å². The van der Waals surface area contributed by atoms with Gasteiger partial charge in [0.15, 0.2) is 0 Å². The Kier molecular flexibility index (Phi) is 11.2. The smallest absolute Gasteiger partial charge is 0.410 e. The lowest BCUT2D eigenvalue weighted by Crippen LogP contribution is -2.44. The van der Waals surface area contributed by atoms with E-state index in [2.05, 4.69) is 5.32 Å². The lowest BCUT2D eigenvalue weighted by atomic mass is 9.87. The number of rotatable bonds is 13. The maximum Gasteiger partial charge on any atom is 0.410 e. The van der Waals surface area contributed by atoms with Crippen LogP contribution in [0.15, 0.2) is 0 Å². The second kappa shape index (κ2) is 11.8. The molecule has 0 radical (unpaired) electrons. The summed E-state index contributed by atoms with van der Waals surface area (Å²) in [5, 5.41) is 12.5. The van der Waals surface area contributed by atoms with E-state index in [0.29, 0.717) is 0 Å². The van der Waals surface area contributed by atoms with E-state index in [-0.39, 0.29) is 13.0 Å². The van der Waals surface area contributed by atoms with E-state index in [1.165, 1.54) is 20.8 Å². The first kappa shape index (κ1) is 28.5. The van der Waals surface area contributed by atoms with Crippen LogP contribution in [0.25, 0.3) is 0 Å². The molecular formula is C16H31NO11S2. The summed E-state index contributed by atoms with van der Waals surface area (Å²) in [6, 6.07) is 0. The Balaban J connectivity index is 4.47. The molecule has 1 amide bonds. The van der Waals surface area contributed by atoms with E-state index in [1.54, 1.807) is 13.8 Å². The minimum Gasteiger partial charge on any atom is -0.425 e. The highest BCUT2D eigenvalue weighted by Crippen LogP contribution is 2.22. The van der Waals surface area contributed by atoms with Gasteiger partial charge < -0.3 is 19.9 Å². The van der Waals surface area contributed by atoms with Crippen molar-refractivity contribution in [1.82, 2.24) is 5.32 Å². The molecule has 0 aromatic carbocycles. The second-order valence-electron chi connectivity index (χ2n) is 7.61. The van der Waals surface area contributed by atoms with Gasteiger partial charge in [-0.15, -0.1) is 0 Å². The summed E-state index contributed by atoms with van der Waals surface area (Å²) < 4.78 is 67.9. The zero-order valence-corrected chi connectivity index (χ0v) is 19.3. The van der Waals surface area contributed by atoms with Gasteiger partial charge in [0.25, 0.3) is 20.2 Å². The summed E-state index contributed by atoms with van der Waals surface area (Å²) in [4.78, 5) is 23.1. The third-order valence-corrected chi connectivity index (χ3v) is 5.85. The molecule has 3 N–H and O–H groups in total. The van der Waals surface area contributed by atoms with Crippen LogP contribution in [-0.2, 0) is 38.7 Å². The molecule has 0 heterocycles. The summed E-state index contributed by atoms with van der Waals surface area (Å²) >= 11 is 0. The van der Waals surface area contributed by atoms with Crippen LogP contribution in [0.2, 0.25) is 0 Å². The molecule has 1 unspecified atom stereocenters. The number of alkyl carbamates (subject to hydrolysis) is 1. The normalized spacial score (nSPS) is 14.8. The predicted octanol–water partition coefficient (Wildman–Crippen LogP) is 0.269. The number of hydrogen-bond donors (Lipinski definition) is 3. The van der Waals surface area contributed by atoms with Crippen LogP contribution in [0.1, 0.15) is 41.0 Å². The minimum atomic E-state index is -4.28. The van der Waals surface area contributed by atoms with Crippen LogP contribution in [0.3, 0.4) is 0 Å². The largest absolute Gasteiger partial charge is 0.425 e. The van der Waals surface area contributed by atoms with Gasteiger partial charge in [0.2, 0.25) is 6.29 Å². The molecule has 0 spiro atoms. The van der Waals surface area contributed by atoms with Gasteiger partial charge in [-0.2, -0.15) is 16.8 Å². The quantitative estimate of drug-likeness (QED) is 0.143. The predicted molar refractivity (Wildman–Crippen MR) is 105 cm³/mol. The number of nitrogens with one attached hydrogen (secondary N) is 1. The average Bonchev–Trinajstić information content (AvgIpc) is 2.56. The van der Waals surface area contributed by atoms with Crippen molar-refractivity contribution in [1.29, 1.82) is 0 Å². The summed E-state index contributed by atoms with van der Waals surface area (Å²) in [6.07, 6.45) is -3.67. The monoisotopic (exact) mass is 477 g/mol. The number of ether oxygens (including phenoxy) is 2. The molecule has 14 heteroatoms. The van der Waals surface area contributed by atoms with E-state index >= 15 is 0 Å². The second-order valence-corrected chi connectivity index (χ2v) is 10.9. The van der Waals surface area contributed by atoms with Crippen molar-refractivity contribution in [2.75, 3.05) is 24.7 Å². The van der Waals surface area contributed by atoms with E-state index in [9.17, 15) is 31.5 Å². The number of amides is 1. The number of carbonyl (C=O) groups excluding carboxylic acids is 2. The molecule has 2 atom stereocenters. The molecule has 0 saturated heterocycles. The van der Waals surface area contributed by atoms with Gasteiger partial charge in [0.1, 0.15) is 0 Å². The molecule has 0 aromatic rings. The van der Waals surface area contributed by atoms with Gasteiger partial charge in [-0.05, 0) is 6.42 Å². The van der Waals surface area contributed by atoms with Gasteiger partial charge in [0.05, 0.1) is 30.1 Å². The number of carbonyl (C=O) groups is 2. The third-order valence-electron chi connectivity index (χ3n) is 3.78. The average molecular weight is 478 g/mol. The van der Waals surface area contributed by atoms with Gasteiger partial charge in [0, 0.05) is 18.9 Å². The Morgan fingerprint density at radius 2 is 1.60 bits per heavy atom. The van der Waals surface area contributed by atoms with E-state index in [1.807, 2.05) is 0 Å². The fraction of sp³-hybridized carbons (Fsp3) is 0.875. The van der Waals surface area contributed by atoms with E-state index in [4.69, 9.17) is 18.2 Å². The minimum absolute atomic E-state index is 0.303. The van der Waals surface area contributed by atoms with Crippen LogP contribution in [0.5, 0.6) is 0 Å². The molecule has 0 aliphatic carbocycles. The van der Waals surface area contributed by atoms with Crippen LogP contribution >= 0.6 is 0 Å². The van der Waals surface area contributed by atoms with Gasteiger partial charge in [-0.1, -0.05) is 27.7 Å². The SMILES string of the molecule is CC(OC(=O)NC[C@H](O)C(C)(C)COS(=O)(=O)CCCS(=O)(=O)O)OC(=O)C(C)C. The molecule has 12 nitrogen and oxygen atoms in total. The van der Waals surface area contributed by atoms with Crippen molar-refractivity contribution in [3.05, 3.63) is 0 Å². The highest BCUT2D eigenvalue weighted by atomic mass is 32.2. The Hall–Kier alpha value is -1.48. The van der Waals surface area contributed by atoms with E-state index in [0.717, 1.165) is 0 Å². The Morgan fingerprint density at radius 3 is 2.10 bits per heavy atom. The van der Waals surface area contributed by atoms with Crippen molar-refractivity contribution < 1.29 is 49.7 Å². The van der Waals surface area contributed by atoms with Crippen molar-refractivity contribution in [3.63, 3.8) is 0 Å². The third kappa shape index (κ3) is 13.0. The topological polar surface area (TPSA) is 183 Å². The molecule has 178 valence electrons. The molecule has 0 aliphatic rings. The molecule has 0 aliphatic heterocycles. The highest BCUT2D eigenvalue weighted by molar-refractivity contribution is 7.87. The summed E-state index contributed by atoms with van der Waals surface area (Å²) in [5.41, 5.74) is -1.11. The Bertz CT molecular complexity index is 775. The Morgan fingerprint density at radius 1 is 1.03 bits per heavy atom. The zero-order valence-electron chi connectivity index (χ0n) is 17.7. The van der Waals surface area contributed by atoms with Crippen molar-refractivity contribution in [2.45, 2.75) is 53.4 Å². The van der Waals surface area contributed by atoms with Gasteiger partial charge in [-0.25, -0.2) is 4.79 Å². The van der Waals surface area contributed by atoms with Crippen LogP contribution in [0, 0.1) is 11.3 Å². The number of hydrogen-bond acceptors (Lipinski definition) is 10. The van der Waals surface area contributed by atoms with Crippen molar-refractivity contribution >= 4 is 32.3 Å². The maximum absolute atomic E-state index is 11.8. The van der Waals surface area contributed by atoms with Crippen LogP contribution < -0.4 is 5.32 Å². The lowest BCUT2D eigenvalue weighted by molar-refractivity contribution is -0.168. The fourth-order valence-electron chi connectivity index (χ4n) is 1.79. The Labute approximate surface area is 177 Å². The summed E-state index contributed by atoms with van der Waals surface area (Å²) in [5.74, 6) is -2.30. The highest BCUT2D eigenvalue weighted by Gasteiger charge is 2.31. The first-order valence-corrected chi connectivity index (χ1v) is 12.3. The van der Waals surface area contributed by atoms with E-state index < -0.39 is 74.1 Å². The van der Waals surface area contributed by atoms with Gasteiger partial charge >= 0.3 is 12.1 Å². The molecule has 0 rings (SSSR count). The first-order chi connectivity index (χ1) is 13.4. The lowest BCUT2D eigenvalue weighted by Gasteiger charge is -2.30.